The Kier molecular flexibility index (Phi) is 13.0. The summed E-state index contributed by atoms with van der Waals surface area (Å²) in [6, 6.07) is 67.9. The van der Waals surface area contributed by atoms with Gasteiger partial charge in [0.2, 0.25) is 0 Å². The van der Waals surface area contributed by atoms with Crippen LogP contribution in [0.3, 0.4) is 0 Å². The highest BCUT2D eigenvalue weighted by Crippen LogP contribution is 2.10. The standard InChI is InChI=1S/C62H34/c1-3-7-49(8-4-1)11-13-51-15-19-53(20-16-51)23-25-55-27-31-57(32-28-55)35-37-59-39-43-61(44-40-59)47-48-62-45-41-60(42-46-62)38-36-58-33-29-56(30-34-58)26-24-54-21-17-52(18-22-54)14-12-50-9-5-2-6-10-50/h1-10,15-22,27-34,39-46H. The summed E-state index contributed by atoms with van der Waals surface area (Å²) in [5.41, 5.74) is 13.2. The predicted octanol–water partition coefficient (Wildman–Crippen LogP) is 11.5. The lowest BCUT2D eigenvalue weighted by Crippen LogP contribution is -1.81. The molecule has 0 nitrogen and oxygen atoms in total. The number of hydrogen-bond acceptors (Lipinski definition) is 0. The molecule has 8 aromatic rings. The summed E-state index contributed by atoms with van der Waals surface area (Å²) in [5, 5.41) is 0. The highest BCUT2D eigenvalue weighted by atomic mass is 14.0. The fourth-order valence-corrected chi connectivity index (χ4v) is 5.87. The van der Waals surface area contributed by atoms with Crippen LogP contribution < -0.4 is 0 Å². The van der Waals surface area contributed by atoms with Crippen molar-refractivity contribution in [1.29, 1.82) is 0 Å². The van der Waals surface area contributed by atoms with Crippen LogP contribution in [-0.4, -0.2) is 0 Å². The van der Waals surface area contributed by atoms with Gasteiger partial charge in [-0.05, 0) is 170 Å². The largest absolute Gasteiger partial charge is 0.0622 e. The van der Waals surface area contributed by atoms with Crippen LogP contribution in [0.4, 0.5) is 0 Å². The Morgan fingerprint density at radius 1 is 0.113 bits per heavy atom. The second-order valence-corrected chi connectivity index (χ2v) is 13.9. The molecule has 0 spiro atoms. The quantitative estimate of drug-likeness (QED) is 0.135. The van der Waals surface area contributed by atoms with E-state index < -0.39 is 0 Å². The first-order valence-corrected chi connectivity index (χ1v) is 20.0. The van der Waals surface area contributed by atoms with Crippen molar-refractivity contribution in [2.75, 3.05) is 0 Å². The average molecular weight is 779 g/mol. The monoisotopic (exact) mass is 778 g/mol. The molecule has 0 aliphatic rings. The fraction of sp³-hybridized carbons (Fsp3) is 0. The zero-order valence-corrected chi connectivity index (χ0v) is 33.6. The summed E-state index contributed by atoms with van der Waals surface area (Å²) in [7, 11) is 0. The van der Waals surface area contributed by atoms with Crippen molar-refractivity contribution >= 4 is 0 Å². The van der Waals surface area contributed by atoms with Crippen LogP contribution in [0.15, 0.2) is 206 Å². The minimum Gasteiger partial charge on any atom is -0.0622 e. The van der Waals surface area contributed by atoms with E-state index in [1.54, 1.807) is 0 Å². The lowest BCUT2D eigenvalue weighted by molar-refractivity contribution is 1.57. The molecule has 0 unspecified atom stereocenters. The Hall–Kier alpha value is -9.32. The van der Waals surface area contributed by atoms with Gasteiger partial charge in [0.15, 0.2) is 0 Å². The Balaban J connectivity index is 0.801. The van der Waals surface area contributed by atoms with Crippen molar-refractivity contribution in [3.05, 3.63) is 284 Å². The normalized spacial score (nSPS) is 9.35. The van der Waals surface area contributed by atoms with Gasteiger partial charge < -0.3 is 0 Å². The highest BCUT2D eigenvalue weighted by Gasteiger charge is 1.96. The van der Waals surface area contributed by atoms with Crippen molar-refractivity contribution in [3.63, 3.8) is 0 Å². The van der Waals surface area contributed by atoms with Crippen molar-refractivity contribution < 1.29 is 0 Å². The molecule has 0 aliphatic carbocycles. The molecule has 62 heavy (non-hydrogen) atoms. The third kappa shape index (κ3) is 12.1. The maximum atomic E-state index is 3.25. The zero-order valence-electron chi connectivity index (χ0n) is 33.6. The number of hydrogen-bond donors (Lipinski definition) is 0. The minimum absolute atomic E-state index is 0.924. The molecular formula is C62H34. The van der Waals surface area contributed by atoms with Crippen LogP contribution in [0.5, 0.6) is 0 Å². The van der Waals surface area contributed by atoms with Crippen LogP contribution >= 0.6 is 0 Å². The van der Waals surface area contributed by atoms with E-state index in [1.807, 2.05) is 206 Å². The molecule has 8 aromatic carbocycles. The third-order valence-corrected chi connectivity index (χ3v) is 9.32. The fourth-order valence-electron chi connectivity index (χ4n) is 5.87. The first-order valence-electron chi connectivity index (χ1n) is 20.0. The molecule has 0 aliphatic heterocycles. The van der Waals surface area contributed by atoms with Crippen molar-refractivity contribution in [3.8, 4) is 82.9 Å². The first-order chi connectivity index (χ1) is 30.6. The summed E-state index contributed by atoms with van der Waals surface area (Å²) in [4.78, 5) is 0. The van der Waals surface area contributed by atoms with E-state index >= 15 is 0 Å². The zero-order chi connectivity index (χ0) is 42.0. The summed E-state index contributed by atoms with van der Waals surface area (Å²) >= 11 is 0. The van der Waals surface area contributed by atoms with E-state index in [0.717, 1.165) is 77.9 Å². The molecule has 282 valence electrons. The molecule has 0 saturated heterocycles. The Bertz CT molecular complexity index is 3040. The van der Waals surface area contributed by atoms with Gasteiger partial charge in [-0.3, -0.25) is 0 Å². The minimum atomic E-state index is 0.924. The lowest BCUT2D eigenvalue weighted by Gasteiger charge is -1.95. The molecule has 0 aromatic heterocycles. The molecule has 0 heteroatoms. The Labute approximate surface area is 365 Å². The smallest absolute Gasteiger partial charge is 0.0249 e. The van der Waals surface area contributed by atoms with Crippen molar-refractivity contribution in [2.45, 2.75) is 0 Å². The van der Waals surface area contributed by atoms with Crippen LogP contribution in [0.2, 0.25) is 0 Å². The van der Waals surface area contributed by atoms with Gasteiger partial charge >= 0.3 is 0 Å². The molecule has 0 atom stereocenters. The average Bonchev–Trinajstić information content (AvgIpc) is 3.34. The van der Waals surface area contributed by atoms with Gasteiger partial charge in [-0.15, -0.1) is 0 Å². The lowest BCUT2D eigenvalue weighted by atomic mass is 10.1. The van der Waals surface area contributed by atoms with Gasteiger partial charge in [0.1, 0.15) is 0 Å². The van der Waals surface area contributed by atoms with E-state index in [2.05, 4.69) is 82.9 Å². The van der Waals surface area contributed by atoms with Crippen LogP contribution in [0.1, 0.15) is 77.9 Å². The molecule has 0 N–H and O–H groups in total. The highest BCUT2D eigenvalue weighted by molar-refractivity contribution is 5.54. The van der Waals surface area contributed by atoms with Crippen molar-refractivity contribution in [1.82, 2.24) is 0 Å². The van der Waals surface area contributed by atoms with Gasteiger partial charge in [0.25, 0.3) is 0 Å². The summed E-state index contributed by atoms with van der Waals surface area (Å²) in [6.07, 6.45) is 0. The summed E-state index contributed by atoms with van der Waals surface area (Å²) in [6.45, 7) is 0. The molecule has 8 rings (SSSR count). The van der Waals surface area contributed by atoms with Gasteiger partial charge in [-0.1, -0.05) is 119 Å². The Morgan fingerprint density at radius 3 is 0.323 bits per heavy atom. The van der Waals surface area contributed by atoms with E-state index in [-0.39, 0.29) is 0 Å². The van der Waals surface area contributed by atoms with Gasteiger partial charge in [0, 0.05) is 77.9 Å². The molecule has 0 radical (unpaired) electrons. The SMILES string of the molecule is C(#Cc1ccc(C#Cc2ccc(C#Cc3ccc(C#Cc4ccc(C#Cc5ccc(C#Cc6ccc(C#Cc7ccccc7)cc6)cc5)cc4)cc3)cc2)cc1)c1ccccc1. The van der Waals surface area contributed by atoms with E-state index in [4.69, 9.17) is 0 Å². The van der Waals surface area contributed by atoms with Crippen LogP contribution in [0.25, 0.3) is 0 Å². The second kappa shape index (κ2) is 20.4. The topological polar surface area (TPSA) is 0 Å². The molecule has 0 saturated carbocycles. The van der Waals surface area contributed by atoms with Crippen LogP contribution in [0, 0.1) is 82.9 Å². The molecule has 0 bridgehead atoms. The second-order valence-electron chi connectivity index (χ2n) is 13.9. The summed E-state index contributed by atoms with van der Waals surface area (Å²) < 4.78 is 0. The maximum absolute atomic E-state index is 3.25. The molecular weight excluding hydrogens is 745 g/mol. The molecule has 0 fully saturated rings. The molecule has 0 amide bonds. The molecule has 0 heterocycles. The van der Waals surface area contributed by atoms with Crippen molar-refractivity contribution in [2.24, 2.45) is 0 Å². The third-order valence-electron chi connectivity index (χ3n) is 9.32. The number of rotatable bonds is 0. The van der Waals surface area contributed by atoms with Gasteiger partial charge in [-0.2, -0.15) is 0 Å². The predicted molar refractivity (Wildman–Crippen MR) is 253 cm³/mol. The number of benzene rings is 8. The van der Waals surface area contributed by atoms with E-state index in [9.17, 15) is 0 Å². The maximum Gasteiger partial charge on any atom is 0.0249 e. The van der Waals surface area contributed by atoms with Gasteiger partial charge in [-0.25, -0.2) is 0 Å². The van der Waals surface area contributed by atoms with E-state index in [0.29, 0.717) is 0 Å². The Morgan fingerprint density at radius 2 is 0.210 bits per heavy atom. The van der Waals surface area contributed by atoms with E-state index in [1.165, 1.54) is 0 Å². The summed E-state index contributed by atoms with van der Waals surface area (Å²) in [5.74, 6) is 45.2. The van der Waals surface area contributed by atoms with Gasteiger partial charge in [0.05, 0.1) is 0 Å². The van der Waals surface area contributed by atoms with Crippen LogP contribution in [-0.2, 0) is 0 Å². The first kappa shape index (κ1) is 39.5.